The Labute approximate surface area is 123 Å². The van der Waals surface area contributed by atoms with Crippen LogP contribution in [0.1, 0.15) is 25.1 Å². The van der Waals surface area contributed by atoms with Crippen LogP contribution in [0.25, 0.3) is 4.96 Å². The van der Waals surface area contributed by atoms with Crippen LogP contribution in [0.2, 0.25) is 0 Å². The van der Waals surface area contributed by atoms with Crippen molar-refractivity contribution in [1.29, 1.82) is 0 Å². The summed E-state index contributed by atoms with van der Waals surface area (Å²) >= 11 is 1.67. The Morgan fingerprint density at radius 3 is 2.80 bits per heavy atom. The molecular weight excluding hydrogens is 266 g/mol. The topological polar surface area (TPSA) is 29.3 Å². The van der Waals surface area contributed by atoms with Crippen molar-refractivity contribution in [2.24, 2.45) is 0 Å². The Bertz CT molecular complexity index is 653. The number of rotatable bonds is 5. The highest BCUT2D eigenvalue weighted by atomic mass is 32.1. The van der Waals surface area contributed by atoms with Gasteiger partial charge in [-0.05, 0) is 5.56 Å². The number of hydrogen-bond donors (Lipinski definition) is 1. The van der Waals surface area contributed by atoms with E-state index in [1.165, 1.54) is 5.56 Å². The maximum Gasteiger partial charge on any atom is 0.193 e. The number of benzene rings is 1. The molecule has 104 valence electrons. The normalized spacial score (nSPS) is 12.1. The predicted octanol–water partition coefficient (Wildman–Crippen LogP) is 3.46. The monoisotopic (exact) mass is 285 g/mol. The number of aromatic nitrogens is 2. The van der Waals surface area contributed by atoms with Crippen LogP contribution in [0.4, 0.5) is 0 Å². The third kappa shape index (κ3) is 2.76. The fourth-order valence-corrected chi connectivity index (χ4v) is 3.07. The Balaban J connectivity index is 1.60. The van der Waals surface area contributed by atoms with Crippen LogP contribution < -0.4 is 5.32 Å². The number of thiazole rings is 1. The quantitative estimate of drug-likeness (QED) is 0.778. The maximum atomic E-state index is 4.58. The SMILES string of the molecule is CC(C)(CNCc1cn2ccsc2n1)c1ccccc1. The first-order valence-electron chi connectivity index (χ1n) is 6.82. The van der Waals surface area contributed by atoms with Gasteiger partial charge in [-0.3, -0.25) is 4.40 Å². The van der Waals surface area contributed by atoms with Crippen molar-refractivity contribution in [3.63, 3.8) is 0 Å². The highest BCUT2D eigenvalue weighted by Gasteiger charge is 2.19. The molecule has 3 rings (SSSR count). The number of imidazole rings is 1. The minimum atomic E-state index is 0.123. The molecule has 1 aromatic carbocycles. The molecule has 0 atom stereocenters. The van der Waals surface area contributed by atoms with Gasteiger partial charge in [-0.15, -0.1) is 11.3 Å². The molecule has 20 heavy (non-hydrogen) atoms. The molecule has 2 aromatic heterocycles. The first-order chi connectivity index (χ1) is 9.65. The fraction of sp³-hybridized carbons (Fsp3) is 0.312. The lowest BCUT2D eigenvalue weighted by atomic mass is 9.84. The number of nitrogens with zero attached hydrogens (tertiary/aromatic N) is 2. The van der Waals surface area contributed by atoms with Gasteiger partial charge >= 0.3 is 0 Å². The first kappa shape index (κ1) is 13.3. The summed E-state index contributed by atoms with van der Waals surface area (Å²) in [5.41, 5.74) is 2.58. The molecular formula is C16H19N3S. The van der Waals surface area contributed by atoms with E-state index in [0.717, 1.165) is 23.7 Å². The Kier molecular flexibility index (Phi) is 3.59. The van der Waals surface area contributed by atoms with Crippen molar-refractivity contribution >= 4 is 16.3 Å². The average Bonchev–Trinajstić information content (AvgIpc) is 3.00. The number of fused-ring (bicyclic) bond motifs is 1. The third-order valence-electron chi connectivity index (χ3n) is 3.57. The van der Waals surface area contributed by atoms with Crippen molar-refractivity contribution < 1.29 is 0 Å². The van der Waals surface area contributed by atoms with Gasteiger partial charge in [0.2, 0.25) is 0 Å². The molecule has 3 aromatic rings. The smallest absolute Gasteiger partial charge is 0.193 e. The zero-order valence-corrected chi connectivity index (χ0v) is 12.7. The minimum Gasteiger partial charge on any atom is -0.310 e. The summed E-state index contributed by atoms with van der Waals surface area (Å²) in [6.45, 7) is 6.27. The Morgan fingerprint density at radius 1 is 1.25 bits per heavy atom. The van der Waals surface area contributed by atoms with Gasteiger partial charge in [0.15, 0.2) is 4.96 Å². The van der Waals surface area contributed by atoms with Gasteiger partial charge in [-0.1, -0.05) is 44.2 Å². The second-order valence-corrected chi connectivity index (χ2v) is 6.55. The summed E-state index contributed by atoms with van der Waals surface area (Å²) in [5, 5.41) is 5.57. The third-order valence-corrected chi connectivity index (χ3v) is 4.34. The van der Waals surface area contributed by atoms with E-state index in [0.29, 0.717) is 0 Å². The molecule has 2 heterocycles. The molecule has 0 radical (unpaired) electrons. The Hall–Kier alpha value is -1.65. The largest absolute Gasteiger partial charge is 0.310 e. The van der Waals surface area contributed by atoms with E-state index >= 15 is 0 Å². The maximum absolute atomic E-state index is 4.58. The zero-order chi connectivity index (χ0) is 14.0. The van der Waals surface area contributed by atoms with Crippen LogP contribution in [-0.2, 0) is 12.0 Å². The van der Waals surface area contributed by atoms with E-state index in [1.54, 1.807) is 11.3 Å². The molecule has 0 saturated heterocycles. The van der Waals surface area contributed by atoms with Crippen molar-refractivity contribution in [3.8, 4) is 0 Å². The van der Waals surface area contributed by atoms with Crippen LogP contribution in [0.5, 0.6) is 0 Å². The van der Waals surface area contributed by atoms with Crippen molar-refractivity contribution in [1.82, 2.24) is 14.7 Å². The predicted molar refractivity (Wildman–Crippen MR) is 84.2 cm³/mol. The summed E-state index contributed by atoms with van der Waals surface area (Å²) < 4.78 is 2.07. The highest BCUT2D eigenvalue weighted by Crippen LogP contribution is 2.21. The summed E-state index contributed by atoms with van der Waals surface area (Å²) in [5.74, 6) is 0. The second kappa shape index (κ2) is 5.38. The van der Waals surface area contributed by atoms with Gasteiger partial charge in [0.05, 0.1) is 5.69 Å². The highest BCUT2D eigenvalue weighted by molar-refractivity contribution is 7.15. The van der Waals surface area contributed by atoms with E-state index in [-0.39, 0.29) is 5.41 Å². The molecule has 0 aliphatic carbocycles. The van der Waals surface area contributed by atoms with E-state index in [9.17, 15) is 0 Å². The Morgan fingerprint density at radius 2 is 2.05 bits per heavy atom. The lowest BCUT2D eigenvalue weighted by Crippen LogP contribution is -2.32. The van der Waals surface area contributed by atoms with Gasteiger partial charge in [-0.2, -0.15) is 0 Å². The molecule has 3 nitrogen and oxygen atoms in total. The molecule has 0 saturated carbocycles. The first-order valence-corrected chi connectivity index (χ1v) is 7.70. The minimum absolute atomic E-state index is 0.123. The van der Waals surface area contributed by atoms with Crippen molar-refractivity contribution in [2.75, 3.05) is 6.54 Å². The van der Waals surface area contributed by atoms with E-state index in [4.69, 9.17) is 0 Å². The zero-order valence-electron chi connectivity index (χ0n) is 11.8. The van der Waals surface area contributed by atoms with E-state index in [1.807, 2.05) is 6.20 Å². The van der Waals surface area contributed by atoms with Crippen LogP contribution in [0.3, 0.4) is 0 Å². The van der Waals surface area contributed by atoms with E-state index in [2.05, 4.69) is 70.5 Å². The van der Waals surface area contributed by atoms with Gasteiger partial charge in [0.25, 0.3) is 0 Å². The fourth-order valence-electron chi connectivity index (χ4n) is 2.36. The summed E-state index contributed by atoms with van der Waals surface area (Å²) in [4.78, 5) is 5.64. The van der Waals surface area contributed by atoms with Crippen molar-refractivity contribution in [3.05, 3.63) is 59.4 Å². The lowest BCUT2D eigenvalue weighted by Gasteiger charge is -2.25. The molecule has 0 spiro atoms. The van der Waals surface area contributed by atoms with Crippen molar-refractivity contribution in [2.45, 2.75) is 25.8 Å². The van der Waals surface area contributed by atoms with Crippen LogP contribution in [0.15, 0.2) is 48.1 Å². The number of hydrogen-bond acceptors (Lipinski definition) is 3. The lowest BCUT2D eigenvalue weighted by molar-refractivity contribution is 0.467. The van der Waals surface area contributed by atoms with E-state index < -0.39 is 0 Å². The molecule has 0 aliphatic rings. The summed E-state index contributed by atoms with van der Waals surface area (Å²) in [6, 6.07) is 10.6. The van der Waals surface area contributed by atoms with Crippen LogP contribution in [-0.4, -0.2) is 15.9 Å². The van der Waals surface area contributed by atoms with Crippen LogP contribution in [0, 0.1) is 0 Å². The second-order valence-electron chi connectivity index (χ2n) is 5.68. The molecule has 0 fully saturated rings. The standard InChI is InChI=1S/C16H19N3S/c1-16(2,13-6-4-3-5-7-13)12-17-10-14-11-19-8-9-20-15(19)18-14/h3-9,11,17H,10,12H2,1-2H3. The molecule has 1 N–H and O–H groups in total. The average molecular weight is 285 g/mol. The van der Waals surface area contributed by atoms with Gasteiger partial charge < -0.3 is 5.32 Å². The summed E-state index contributed by atoms with van der Waals surface area (Å²) in [6.07, 6.45) is 4.14. The molecule has 0 aliphatic heterocycles. The number of nitrogens with one attached hydrogen (secondary N) is 1. The van der Waals surface area contributed by atoms with Gasteiger partial charge in [0, 0.05) is 36.3 Å². The van der Waals surface area contributed by atoms with Gasteiger partial charge in [-0.25, -0.2) is 4.98 Å². The van der Waals surface area contributed by atoms with Gasteiger partial charge in [0.1, 0.15) is 0 Å². The molecule has 4 heteroatoms. The molecule has 0 amide bonds. The molecule has 0 bridgehead atoms. The summed E-state index contributed by atoms with van der Waals surface area (Å²) in [7, 11) is 0. The van der Waals surface area contributed by atoms with Crippen LogP contribution >= 0.6 is 11.3 Å². The molecule has 0 unspecified atom stereocenters.